The number of benzene rings is 1. The second-order valence-corrected chi connectivity index (χ2v) is 4.92. The van der Waals surface area contributed by atoms with Gasteiger partial charge in [-0.2, -0.15) is 0 Å². The lowest BCUT2D eigenvalue weighted by molar-refractivity contribution is -0.151. The van der Waals surface area contributed by atoms with Crippen molar-refractivity contribution in [3.8, 4) is 0 Å². The summed E-state index contributed by atoms with van der Waals surface area (Å²) in [4.78, 5) is 13.4. The molecular formula is C12H14BrNO3. The number of carbonyl (C=O) groups excluding carboxylic acids is 1. The Morgan fingerprint density at radius 1 is 1.53 bits per heavy atom. The van der Waals surface area contributed by atoms with Gasteiger partial charge in [0, 0.05) is 11.0 Å². The van der Waals surface area contributed by atoms with E-state index in [-0.39, 0.29) is 25.2 Å². The number of carbonyl (C=O) groups is 1. The SMILES string of the molecule is O=C1COCC(CO)N1Cc1cccc(Br)c1. The smallest absolute Gasteiger partial charge is 0.249 e. The van der Waals surface area contributed by atoms with Crippen molar-refractivity contribution in [2.24, 2.45) is 0 Å². The molecule has 2 rings (SSSR count). The highest BCUT2D eigenvalue weighted by Crippen LogP contribution is 2.16. The van der Waals surface area contributed by atoms with Crippen molar-refractivity contribution in [2.75, 3.05) is 19.8 Å². The lowest BCUT2D eigenvalue weighted by Crippen LogP contribution is -2.50. The van der Waals surface area contributed by atoms with Crippen LogP contribution in [0.15, 0.2) is 28.7 Å². The summed E-state index contributed by atoms with van der Waals surface area (Å²) in [5.74, 6) is -0.0738. The number of nitrogens with zero attached hydrogens (tertiary/aromatic N) is 1. The van der Waals surface area contributed by atoms with Crippen LogP contribution in [0.5, 0.6) is 0 Å². The van der Waals surface area contributed by atoms with Crippen LogP contribution in [0, 0.1) is 0 Å². The third-order valence-electron chi connectivity index (χ3n) is 2.75. The van der Waals surface area contributed by atoms with Crippen LogP contribution < -0.4 is 0 Å². The first kappa shape index (κ1) is 12.5. The monoisotopic (exact) mass is 299 g/mol. The topological polar surface area (TPSA) is 49.8 Å². The molecule has 1 fully saturated rings. The van der Waals surface area contributed by atoms with Crippen molar-refractivity contribution in [2.45, 2.75) is 12.6 Å². The van der Waals surface area contributed by atoms with Crippen LogP contribution in [0.2, 0.25) is 0 Å². The van der Waals surface area contributed by atoms with Crippen molar-refractivity contribution < 1.29 is 14.6 Å². The number of hydrogen-bond acceptors (Lipinski definition) is 3. The molecule has 0 radical (unpaired) electrons. The molecule has 1 aliphatic rings. The van der Waals surface area contributed by atoms with Gasteiger partial charge in [-0.05, 0) is 17.7 Å². The quantitative estimate of drug-likeness (QED) is 0.911. The van der Waals surface area contributed by atoms with E-state index in [9.17, 15) is 9.90 Å². The van der Waals surface area contributed by atoms with Crippen LogP contribution in [0.1, 0.15) is 5.56 Å². The van der Waals surface area contributed by atoms with Gasteiger partial charge < -0.3 is 14.7 Å². The summed E-state index contributed by atoms with van der Waals surface area (Å²) in [6.45, 7) is 0.938. The highest BCUT2D eigenvalue weighted by molar-refractivity contribution is 9.10. The number of halogens is 1. The number of aliphatic hydroxyl groups is 1. The van der Waals surface area contributed by atoms with Gasteiger partial charge in [-0.3, -0.25) is 4.79 Å². The van der Waals surface area contributed by atoms with Crippen molar-refractivity contribution in [1.82, 2.24) is 4.90 Å². The third-order valence-corrected chi connectivity index (χ3v) is 3.24. The van der Waals surface area contributed by atoms with Gasteiger partial charge in [-0.15, -0.1) is 0 Å². The standard InChI is InChI=1S/C12H14BrNO3/c13-10-3-1-2-9(4-10)5-14-11(6-15)7-17-8-12(14)16/h1-4,11,15H,5-8H2. The predicted molar refractivity (Wildman–Crippen MR) is 66.4 cm³/mol. The molecule has 1 aliphatic heterocycles. The van der Waals surface area contributed by atoms with Gasteiger partial charge in [0.2, 0.25) is 5.91 Å². The summed E-state index contributed by atoms with van der Waals surface area (Å²) in [5, 5.41) is 9.23. The average molecular weight is 300 g/mol. The molecule has 0 saturated carbocycles. The lowest BCUT2D eigenvalue weighted by atomic mass is 10.1. The Balaban J connectivity index is 2.12. The molecule has 1 amide bonds. The van der Waals surface area contributed by atoms with E-state index in [1.54, 1.807) is 4.90 Å². The molecule has 1 unspecified atom stereocenters. The Morgan fingerprint density at radius 2 is 2.35 bits per heavy atom. The second kappa shape index (κ2) is 5.62. The summed E-state index contributed by atoms with van der Waals surface area (Å²) >= 11 is 3.40. The maximum Gasteiger partial charge on any atom is 0.249 e. The molecule has 0 bridgehead atoms. The van der Waals surface area contributed by atoms with Crippen LogP contribution in [-0.4, -0.2) is 41.8 Å². The molecule has 1 aromatic rings. The van der Waals surface area contributed by atoms with E-state index in [1.807, 2.05) is 24.3 Å². The number of aliphatic hydroxyl groups excluding tert-OH is 1. The first-order chi connectivity index (χ1) is 8.20. The molecule has 4 nitrogen and oxygen atoms in total. The largest absolute Gasteiger partial charge is 0.394 e. The fourth-order valence-corrected chi connectivity index (χ4v) is 2.31. The van der Waals surface area contributed by atoms with Crippen LogP contribution in [0.25, 0.3) is 0 Å². The Labute approximate surface area is 108 Å². The van der Waals surface area contributed by atoms with Gasteiger partial charge >= 0.3 is 0 Å². The Bertz CT molecular complexity index is 410. The van der Waals surface area contributed by atoms with Crippen molar-refractivity contribution in [3.63, 3.8) is 0 Å². The van der Waals surface area contributed by atoms with E-state index in [4.69, 9.17) is 4.74 Å². The number of ether oxygens (including phenoxy) is 1. The molecule has 1 aromatic carbocycles. The van der Waals surface area contributed by atoms with Crippen LogP contribution in [-0.2, 0) is 16.1 Å². The van der Waals surface area contributed by atoms with E-state index in [0.29, 0.717) is 13.2 Å². The second-order valence-electron chi connectivity index (χ2n) is 4.00. The summed E-state index contributed by atoms with van der Waals surface area (Å²) in [6, 6.07) is 7.56. The maximum atomic E-state index is 11.7. The summed E-state index contributed by atoms with van der Waals surface area (Å²) < 4.78 is 6.10. The van der Waals surface area contributed by atoms with Gasteiger partial charge in [-0.1, -0.05) is 28.1 Å². The van der Waals surface area contributed by atoms with Crippen molar-refractivity contribution in [1.29, 1.82) is 0 Å². The van der Waals surface area contributed by atoms with Crippen LogP contribution in [0.4, 0.5) is 0 Å². The average Bonchev–Trinajstić information content (AvgIpc) is 2.32. The normalized spacial score (nSPS) is 20.7. The third kappa shape index (κ3) is 3.06. The fraction of sp³-hybridized carbons (Fsp3) is 0.417. The lowest BCUT2D eigenvalue weighted by Gasteiger charge is -2.34. The summed E-state index contributed by atoms with van der Waals surface area (Å²) in [5.41, 5.74) is 1.04. The van der Waals surface area contributed by atoms with Gasteiger partial charge in [0.15, 0.2) is 0 Å². The zero-order valence-corrected chi connectivity index (χ0v) is 10.9. The van der Waals surface area contributed by atoms with E-state index in [0.717, 1.165) is 10.0 Å². The minimum atomic E-state index is -0.241. The van der Waals surface area contributed by atoms with Gasteiger partial charge in [0.25, 0.3) is 0 Å². The van der Waals surface area contributed by atoms with Gasteiger partial charge in [0.1, 0.15) is 6.61 Å². The maximum absolute atomic E-state index is 11.7. The summed E-state index contributed by atoms with van der Waals surface area (Å²) in [6.07, 6.45) is 0. The highest BCUT2D eigenvalue weighted by Gasteiger charge is 2.28. The molecule has 92 valence electrons. The predicted octanol–water partition coefficient (Wildman–Crippen LogP) is 1.17. The highest BCUT2D eigenvalue weighted by atomic mass is 79.9. The van der Waals surface area contributed by atoms with E-state index in [2.05, 4.69) is 15.9 Å². The molecule has 1 heterocycles. The van der Waals surface area contributed by atoms with Crippen molar-refractivity contribution >= 4 is 21.8 Å². The molecule has 1 N–H and O–H groups in total. The van der Waals surface area contributed by atoms with Gasteiger partial charge in [-0.25, -0.2) is 0 Å². The first-order valence-electron chi connectivity index (χ1n) is 5.43. The van der Waals surface area contributed by atoms with Gasteiger partial charge in [0.05, 0.1) is 19.3 Å². The molecule has 0 aromatic heterocycles. The van der Waals surface area contributed by atoms with Crippen LogP contribution >= 0.6 is 15.9 Å². The van der Waals surface area contributed by atoms with E-state index < -0.39 is 0 Å². The molecule has 0 aliphatic carbocycles. The minimum absolute atomic E-state index is 0.0697. The molecule has 5 heteroatoms. The Kier molecular flexibility index (Phi) is 4.15. The van der Waals surface area contributed by atoms with Crippen LogP contribution in [0.3, 0.4) is 0 Å². The fourth-order valence-electron chi connectivity index (χ4n) is 1.86. The first-order valence-corrected chi connectivity index (χ1v) is 6.22. The number of rotatable bonds is 3. The van der Waals surface area contributed by atoms with Crippen molar-refractivity contribution in [3.05, 3.63) is 34.3 Å². The zero-order chi connectivity index (χ0) is 12.3. The summed E-state index contributed by atoms with van der Waals surface area (Å²) in [7, 11) is 0. The molecule has 1 saturated heterocycles. The Morgan fingerprint density at radius 3 is 3.06 bits per heavy atom. The minimum Gasteiger partial charge on any atom is -0.394 e. The number of morpholine rings is 1. The molecule has 17 heavy (non-hydrogen) atoms. The molecule has 0 spiro atoms. The van der Waals surface area contributed by atoms with E-state index >= 15 is 0 Å². The number of amides is 1. The molecule has 1 atom stereocenters. The number of hydrogen-bond donors (Lipinski definition) is 1. The zero-order valence-electron chi connectivity index (χ0n) is 9.30. The molecular weight excluding hydrogens is 286 g/mol. The Hall–Kier alpha value is -0.910. The van der Waals surface area contributed by atoms with E-state index in [1.165, 1.54) is 0 Å².